The topological polar surface area (TPSA) is 76.1 Å². The van der Waals surface area contributed by atoms with E-state index in [9.17, 15) is 13.2 Å². The largest absolute Gasteiger partial charge is 0.325 e. The molecule has 5 nitrogen and oxygen atoms in total. The standard InChI is InChI=1S/C15H16N2O3S2/c1-3-22(19,20)9-8-15(18)17-13-7-5-4-6-12(13)14-10-21-11(2)16-14/h3-7,10H,1,8-9H2,2H3,(H,17,18). The fraction of sp³-hybridized carbons (Fsp3) is 0.200. The van der Waals surface area contributed by atoms with Gasteiger partial charge in [-0.25, -0.2) is 13.4 Å². The van der Waals surface area contributed by atoms with Gasteiger partial charge in [-0.3, -0.25) is 4.79 Å². The van der Waals surface area contributed by atoms with Crippen LogP contribution in [0.15, 0.2) is 41.6 Å². The van der Waals surface area contributed by atoms with E-state index in [2.05, 4.69) is 16.9 Å². The summed E-state index contributed by atoms with van der Waals surface area (Å²) in [6.45, 7) is 5.14. The summed E-state index contributed by atoms with van der Waals surface area (Å²) in [5.41, 5.74) is 2.22. The molecule has 1 aromatic heterocycles. The fourth-order valence-corrected chi connectivity index (χ4v) is 3.08. The summed E-state index contributed by atoms with van der Waals surface area (Å²) in [5, 5.41) is 6.47. The number of thiazole rings is 1. The Hall–Kier alpha value is -1.99. The first-order chi connectivity index (χ1) is 10.4. The van der Waals surface area contributed by atoms with Crippen molar-refractivity contribution in [1.29, 1.82) is 0 Å². The zero-order chi connectivity index (χ0) is 16.2. The number of hydrogen-bond acceptors (Lipinski definition) is 5. The van der Waals surface area contributed by atoms with Gasteiger partial charge in [0.15, 0.2) is 9.84 Å². The highest BCUT2D eigenvalue weighted by atomic mass is 32.2. The number of para-hydroxylation sites is 1. The fourth-order valence-electron chi connectivity index (χ4n) is 1.83. The SMILES string of the molecule is C=CS(=O)(=O)CCC(=O)Nc1ccccc1-c1csc(C)n1. The first kappa shape index (κ1) is 16.4. The van der Waals surface area contributed by atoms with Gasteiger partial charge in [0, 0.05) is 22.8 Å². The monoisotopic (exact) mass is 336 g/mol. The average Bonchev–Trinajstić information content (AvgIpc) is 2.92. The van der Waals surface area contributed by atoms with Crippen LogP contribution >= 0.6 is 11.3 Å². The number of nitrogens with one attached hydrogen (secondary N) is 1. The van der Waals surface area contributed by atoms with Crippen LogP contribution in [0.25, 0.3) is 11.3 Å². The van der Waals surface area contributed by atoms with Gasteiger partial charge in [-0.05, 0) is 13.0 Å². The molecule has 0 fully saturated rings. The molecule has 2 aromatic rings. The van der Waals surface area contributed by atoms with E-state index in [1.165, 1.54) is 11.3 Å². The molecule has 0 atom stereocenters. The third-order valence-corrected chi connectivity index (χ3v) is 5.02. The lowest BCUT2D eigenvalue weighted by Gasteiger charge is -2.09. The molecule has 1 amide bonds. The minimum absolute atomic E-state index is 0.112. The van der Waals surface area contributed by atoms with Crippen LogP contribution < -0.4 is 5.32 Å². The maximum Gasteiger partial charge on any atom is 0.225 e. The molecule has 116 valence electrons. The summed E-state index contributed by atoms with van der Waals surface area (Å²) in [4.78, 5) is 16.3. The Morgan fingerprint density at radius 3 is 2.77 bits per heavy atom. The number of carbonyl (C=O) groups excluding carboxylic acids is 1. The summed E-state index contributed by atoms with van der Waals surface area (Å²) in [6.07, 6.45) is -0.112. The maximum absolute atomic E-state index is 11.9. The van der Waals surface area contributed by atoms with Crippen LogP contribution in [-0.4, -0.2) is 25.1 Å². The highest BCUT2D eigenvalue weighted by molar-refractivity contribution is 7.94. The first-order valence-corrected chi connectivity index (χ1v) is 9.17. The third-order valence-electron chi connectivity index (χ3n) is 2.96. The molecule has 0 unspecified atom stereocenters. The number of aromatic nitrogens is 1. The van der Waals surface area contributed by atoms with Crippen molar-refractivity contribution >= 4 is 32.8 Å². The maximum atomic E-state index is 11.9. The molecule has 0 aliphatic carbocycles. The number of hydrogen-bond donors (Lipinski definition) is 1. The van der Waals surface area contributed by atoms with E-state index in [0.29, 0.717) is 5.69 Å². The number of aryl methyl sites for hydroxylation is 1. The second-order valence-electron chi connectivity index (χ2n) is 4.63. The Kier molecular flexibility index (Phi) is 5.10. The quantitative estimate of drug-likeness (QED) is 0.880. The number of carbonyl (C=O) groups is 1. The predicted octanol–water partition coefficient (Wildman–Crippen LogP) is 3.01. The van der Waals surface area contributed by atoms with Crippen molar-refractivity contribution in [2.45, 2.75) is 13.3 Å². The Morgan fingerprint density at radius 1 is 1.41 bits per heavy atom. The zero-order valence-electron chi connectivity index (χ0n) is 12.1. The van der Waals surface area contributed by atoms with Crippen LogP contribution in [0.2, 0.25) is 0 Å². The summed E-state index contributed by atoms with van der Waals surface area (Å²) in [5.74, 6) is -0.606. The molecule has 2 rings (SSSR count). The molecule has 1 heterocycles. The van der Waals surface area contributed by atoms with Crippen molar-refractivity contribution in [1.82, 2.24) is 4.98 Å². The summed E-state index contributed by atoms with van der Waals surface area (Å²) in [7, 11) is -3.37. The number of amides is 1. The van der Waals surface area contributed by atoms with Crippen LogP contribution in [0.4, 0.5) is 5.69 Å². The Bertz CT molecular complexity index is 795. The van der Waals surface area contributed by atoms with Crippen molar-refractivity contribution in [3.8, 4) is 11.3 Å². The van der Waals surface area contributed by atoms with E-state index < -0.39 is 9.84 Å². The number of sulfone groups is 1. The Balaban J connectivity index is 2.13. The van der Waals surface area contributed by atoms with Crippen LogP contribution in [0.1, 0.15) is 11.4 Å². The highest BCUT2D eigenvalue weighted by Gasteiger charge is 2.13. The molecule has 0 saturated carbocycles. The van der Waals surface area contributed by atoms with Crippen molar-refractivity contribution in [3.05, 3.63) is 46.6 Å². The second-order valence-corrected chi connectivity index (χ2v) is 7.76. The smallest absolute Gasteiger partial charge is 0.225 e. The van der Waals surface area contributed by atoms with Crippen molar-refractivity contribution in [2.24, 2.45) is 0 Å². The minimum atomic E-state index is -3.37. The Morgan fingerprint density at radius 2 is 2.14 bits per heavy atom. The van der Waals surface area contributed by atoms with E-state index >= 15 is 0 Å². The molecular formula is C15H16N2O3S2. The first-order valence-electron chi connectivity index (χ1n) is 6.58. The molecule has 1 N–H and O–H groups in total. The molecule has 22 heavy (non-hydrogen) atoms. The van der Waals surface area contributed by atoms with Gasteiger partial charge in [-0.15, -0.1) is 11.3 Å². The molecule has 0 aliphatic heterocycles. The minimum Gasteiger partial charge on any atom is -0.325 e. The van der Waals surface area contributed by atoms with Gasteiger partial charge in [0.25, 0.3) is 0 Å². The van der Waals surface area contributed by atoms with Crippen LogP contribution in [0.5, 0.6) is 0 Å². The van der Waals surface area contributed by atoms with E-state index in [1.54, 1.807) is 12.1 Å². The number of benzene rings is 1. The van der Waals surface area contributed by atoms with Gasteiger partial charge in [0.2, 0.25) is 5.91 Å². The molecule has 1 aromatic carbocycles. The highest BCUT2D eigenvalue weighted by Crippen LogP contribution is 2.28. The van der Waals surface area contributed by atoms with Gasteiger partial charge in [-0.2, -0.15) is 0 Å². The van der Waals surface area contributed by atoms with Gasteiger partial charge in [-0.1, -0.05) is 24.8 Å². The Labute approximate surface area is 133 Å². The molecule has 7 heteroatoms. The molecule has 0 bridgehead atoms. The molecule has 0 radical (unpaired) electrons. The molecular weight excluding hydrogens is 320 g/mol. The van der Waals surface area contributed by atoms with Crippen LogP contribution in [0, 0.1) is 6.92 Å². The van der Waals surface area contributed by atoms with Crippen LogP contribution in [0.3, 0.4) is 0 Å². The zero-order valence-corrected chi connectivity index (χ0v) is 13.7. The second kappa shape index (κ2) is 6.85. The van der Waals surface area contributed by atoms with Gasteiger partial charge >= 0.3 is 0 Å². The lowest BCUT2D eigenvalue weighted by Crippen LogP contribution is -2.16. The van der Waals surface area contributed by atoms with Crippen molar-refractivity contribution < 1.29 is 13.2 Å². The third kappa shape index (κ3) is 4.25. The van der Waals surface area contributed by atoms with Gasteiger partial charge < -0.3 is 5.32 Å². The van der Waals surface area contributed by atoms with Crippen molar-refractivity contribution in [2.75, 3.05) is 11.1 Å². The normalized spacial score (nSPS) is 11.1. The molecule has 0 spiro atoms. The molecule has 0 saturated heterocycles. The van der Waals surface area contributed by atoms with E-state index in [1.807, 2.05) is 24.4 Å². The summed E-state index contributed by atoms with van der Waals surface area (Å²) in [6, 6.07) is 7.30. The van der Waals surface area contributed by atoms with E-state index in [-0.39, 0.29) is 18.1 Å². The lowest BCUT2D eigenvalue weighted by atomic mass is 10.1. The average molecular weight is 336 g/mol. The summed E-state index contributed by atoms with van der Waals surface area (Å²) < 4.78 is 22.7. The number of anilines is 1. The van der Waals surface area contributed by atoms with E-state index in [0.717, 1.165) is 21.7 Å². The van der Waals surface area contributed by atoms with Gasteiger partial charge in [0.05, 0.1) is 22.1 Å². The van der Waals surface area contributed by atoms with Crippen LogP contribution in [-0.2, 0) is 14.6 Å². The summed E-state index contributed by atoms with van der Waals surface area (Å²) >= 11 is 1.53. The van der Waals surface area contributed by atoms with E-state index in [4.69, 9.17) is 0 Å². The number of rotatable bonds is 6. The van der Waals surface area contributed by atoms with Crippen molar-refractivity contribution in [3.63, 3.8) is 0 Å². The lowest BCUT2D eigenvalue weighted by molar-refractivity contribution is -0.115. The molecule has 0 aliphatic rings. The van der Waals surface area contributed by atoms with Gasteiger partial charge in [0.1, 0.15) is 0 Å². The predicted molar refractivity (Wildman–Crippen MR) is 89.5 cm³/mol. The number of nitrogens with zero attached hydrogens (tertiary/aromatic N) is 1.